The summed E-state index contributed by atoms with van der Waals surface area (Å²) >= 11 is 0. The maximum Gasteiger partial charge on any atom is 0.333 e. The summed E-state index contributed by atoms with van der Waals surface area (Å²) in [7, 11) is -4.23. The van der Waals surface area contributed by atoms with Gasteiger partial charge in [-0.2, -0.15) is 8.42 Å². The van der Waals surface area contributed by atoms with Crippen molar-refractivity contribution in [1.29, 1.82) is 0 Å². The molecule has 8 heteroatoms. The number of hydrogen-bond donors (Lipinski definition) is 2. The Morgan fingerprint density at radius 2 is 1.35 bits per heavy atom. The molecule has 0 fully saturated rings. The van der Waals surface area contributed by atoms with E-state index in [4.69, 9.17) is 0 Å². The molecule has 0 aliphatic rings. The predicted octanol–water partition coefficient (Wildman–Crippen LogP) is 4.90. The summed E-state index contributed by atoms with van der Waals surface area (Å²) in [6.07, 6.45) is 2.83. The third-order valence-electron chi connectivity index (χ3n) is 4.81. The average Bonchev–Trinajstić information content (AvgIpc) is 2.74. The Bertz CT molecular complexity index is 1130. The van der Waals surface area contributed by atoms with Crippen LogP contribution in [0.4, 0.5) is 10.5 Å². The molecule has 0 aliphatic carbocycles. The van der Waals surface area contributed by atoms with Crippen LogP contribution < -0.4 is 10.0 Å². The summed E-state index contributed by atoms with van der Waals surface area (Å²) in [6, 6.07) is 14.3. The van der Waals surface area contributed by atoms with Crippen molar-refractivity contribution in [2.45, 2.75) is 44.7 Å². The van der Waals surface area contributed by atoms with Gasteiger partial charge in [0.15, 0.2) is 0 Å². The highest BCUT2D eigenvalue weighted by Gasteiger charge is 2.23. The Labute approximate surface area is 183 Å². The molecule has 1 heterocycles. The van der Waals surface area contributed by atoms with Crippen LogP contribution in [0, 0.1) is 0 Å². The van der Waals surface area contributed by atoms with E-state index in [9.17, 15) is 13.2 Å². The molecule has 0 radical (unpaired) electrons. The largest absolute Gasteiger partial charge is 0.333 e. The molecule has 0 atom stereocenters. The Morgan fingerprint density at radius 3 is 1.87 bits per heavy atom. The van der Waals surface area contributed by atoms with Crippen LogP contribution in [0.25, 0.3) is 11.1 Å². The van der Waals surface area contributed by atoms with Gasteiger partial charge in [0.25, 0.3) is 5.16 Å². The van der Waals surface area contributed by atoms with E-state index in [1.807, 2.05) is 80.9 Å². The zero-order valence-corrected chi connectivity index (χ0v) is 18.8. The van der Waals surface area contributed by atoms with Gasteiger partial charge >= 0.3 is 16.1 Å². The fourth-order valence-corrected chi connectivity index (χ4v) is 4.01. The lowest BCUT2D eigenvalue weighted by atomic mass is 9.93. The summed E-state index contributed by atoms with van der Waals surface area (Å²) in [5.74, 6) is 0.305. The second kappa shape index (κ2) is 9.26. The summed E-state index contributed by atoms with van der Waals surface area (Å²) in [5, 5.41) is 2.25. The number of benzene rings is 2. The van der Waals surface area contributed by atoms with Crippen LogP contribution in [-0.4, -0.2) is 24.4 Å². The second-order valence-corrected chi connectivity index (χ2v) is 9.38. The summed E-state index contributed by atoms with van der Waals surface area (Å²) in [5.41, 5.74) is 4.03. The summed E-state index contributed by atoms with van der Waals surface area (Å²) < 4.78 is 27.3. The van der Waals surface area contributed by atoms with Crippen LogP contribution in [0.5, 0.6) is 0 Å². The molecule has 1 aromatic heterocycles. The van der Waals surface area contributed by atoms with Crippen LogP contribution in [0.1, 0.15) is 50.7 Å². The minimum absolute atomic E-state index is 0.152. The first-order valence-electron chi connectivity index (χ1n) is 10.0. The van der Waals surface area contributed by atoms with E-state index in [2.05, 4.69) is 15.3 Å². The minimum atomic E-state index is -4.23. The molecule has 3 rings (SSSR count). The number of rotatable bonds is 6. The van der Waals surface area contributed by atoms with Gasteiger partial charge in [0.1, 0.15) is 0 Å². The topological polar surface area (TPSA) is 101 Å². The number of hydrogen-bond acceptors (Lipinski definition) is 5. The smallest absolute Gasteiger partial charge is 0.307 e. The number of urea groups is 1. The van der Waals surface area contributed by atoms with E-state index in [0.717, 1.165) is 16.7 Å². The van der Waals surface area contributed by atoms with Crippen LogP contribution in [0.15, 0.2) is 66.1 Å². The van der Waals surface area contributed by atoms with E-state index in [1.54, 1.807) is 0 Å². The fourth-order valence-electron chi connectivity index (χ4n) is 3.24. The quantitative estimate of drug-likeness (QED) is 0.533. The summed E-state index contributed by atoms with van der Waals surface area (Å²) in [4.78, 5) is 20.5. The molecule has 0 saturated carbocycles. The van der Waals surface area contributed by atoms with Crippen molar-refractivity contribution in [3.8, 4) is 11.1 Å². The van der Waals surface area contributed by atoms with E-state index >= 15 is 0 Å². The number of carbonyl (C=O) groups is 1. The molecule has 2 amide bonds. The number of sulfonamides is 1. The van der Waals surface area contributed by atoms with Crippen molar-refractivity contribution in [3.05, 3.63) is 72.1 Å². The summed E-state index contributed by atoms with van der Waals surface area (Å²) in [6.45, 7) is 8.06. The molecule has 31 heavy (non-hydrogen) atoms. The highest BCUT2D eigenvalue weighted by atomic mass is 32.2. The van der Waals surface area contributed by atoms with Gasteiger partial charge in [-0.1, -0.05) is 76.2 Å². The van der Waals surface area contributed by atoms with Crippen molar-refractivity contribution in [3.63, 3.8) is 0 Å². The van der Waals surface area contributed by atoms with Gasteiger partial charge < -0.3 is 5.32 Å². The lowest BCUT2D eigenvalue weighted by Crippen LogP contribution is -2.35. The van der Waals surface area contributed by atoms with E-state index in [0.29, 0.717) is 11.3 Å². The number of aromatic nitrogens is 2. The van der Waals surface area contributed by atoms with Gasteiger partial charge in [0, 0.05) is 23.6 Å². The van der Waals surface area contributed by atoms with Crippen molar-refractivity contribution in [2.75, 3.05) is 5.32 Å². The number of nitrogens with zero attached hydrogens (tertiary/aromatic N) is 2. The Kier molecular flexibility index (Phi) is 6.70. The molecule has 0 unspecified atom stereocenters. The van der Waals surface area contributed by atoms with Gasteiger partial charge in [-0.3, -0.25) is 0 Å². The van der Waals surface area contributed by atoms with Crippen LogP contribution >= 0.6 is 0 Å². The SMILES string of the molecule is CC(C)c1cccc(C(C)C)c1NC(=O)NS(=O)(=O)c1ncc(-c2ccccc2)cn1. The first kappa shape index (κ1) is 22.4. The maximum absolute atomic E-state index is 12.6. The van der Waals surface area contributed by atoms with Gasteiger partial charge in [-0.15, -0.1) is 0 Å². The standard InChI is InChI=1S/C23H26N4O3S/c1-15(2)19-11-8-12-20(16(3)4)21(19)26-22(28)27-31(29,30)23-24-13-18(14-25-23)17-9-6-5-7-10-17/h5-16H,1-4H3,(H2,26,27,28). The second-order valence-electron chi connectivity index (χ2n) is 7.80. The zero-order valence-electron chi connectivity index (χ0n) is 18.0. The number of anilines is 1. The predicted molar refractivity (Wildman–Crippen MR) is 121 cm³/mol. The molecule has 2 N–H and O–H groups in total. The normalized spacial score (nSPS) is 11.5. The number of para-hydroxylation sites is 1. The lowest BCUT2D eigenvalue weighted by molar-refractivity contribution is 0.256. The Morgan fingerprint density at radius 1 is 0.806 bits per heavy atom. The Hall–Kier alpha value is -3.26. The van der Waals surface area contributed by atoms with Crippen molar-refractivity contribution >= 4 is 21.7 Å². The maximum atomic E-state index is 12.6. The number of nitrogens with one attached hydrogen (secondary N) is 2. The first-order valence-corrected chi connectivity index (χ1v) is 11.5. The third kappa shape index (κ3) is 5.27. The molecular formula is C23H26N4O3S. The molecule has 2 aromatic carbocycles. The van der Waals surface area contributed by atoms with Crippen molar-refractivity contribution < 1.29 is 13.2 Å². The molecule has 0 spiro atoms. The minimum Gasteiger partial charge on any atom is -0.307 e. The van der Waals surface area contributed by atoms with E-state index in [1.165, 1.54) is 12.4 Å². The van der Waals surface area contributed by atoms with Gasteiger partial charge in [0.2, 0.25) is 0 Å². The molecule has 0 saturated heterocycles. The number of amides is 2. The Balaban J connectivity index is 1.81. The van der Waals surface area contributed by atoms with Crippen molar-refractivity contribution in [1.82, 2.24) is 14.7 Å². The first-order chi connectivity index (χ1) is 14.7. The molecule has 7 nitrogen and oxygen atoms in total. The average molecular weight is 439 g/mol. The highest BCUT2D eigenvalue weighted by Crippen LogP contribution is 2.32. The van der Waals surface area contributed by atoms with Gasteiger partial charge in [-0.25, -0.2) is 19.5 Å². The molecule has 0 bridgehead atoms. The van der Waals surface area contributed by atoms with Crippen LogP contribution in [-0.2, 0) is 10.0 Å². The van der Waals surface area contributed by atoms with Gasteiger partial charge in [0.05, 0.1) is 0 Å². The monoisotopic (exact) mass is 438 g/mol. The fraction of sp³-hybridized carbons (Fsp3) is 0.261. The van der Waals surface area contributed by atoms with Gasteiger partial charge in [-0.05, 0) is 28.5 Å². The van der Waals surface area contributed by atoms with E-state index < -0.39 is 21.2 Å². The highest BCUT2D eigenvalue weighted by molar-refractivity contribution is 7.89. The third-order valence-corrected chi connectivity index (χ3v) is 5.96. The molecular weight excluding hydrogens is 412 g/mol. The van der Waals surface area contributed by atoms with Crippen molar-refractivity contribution in [2.24, 2.45) is 0 Å². The number of carbonyl (C=O) groups excluding carboxylic acids is 1. The molecule has 0 aliphatic heterocycles. The lowest BCUT2D eigenvalue weighted by Gasteiger charge is -2.20. The van der Waals surface area contributed by atoms with E-state index in [-0.39, 0.29) is 11.8 Å². The zero-order chi connectivity index (χ0) is 22.6. The van der Waals surface area contributed by atoms with Crippen LogP contribution in [0.3, 0.4) is 0 Å². The molecule has 162 valence electrons. The van der Waals surface area contributed by atoms with Crippen LogP contribution in [0.2, 0.25) is 0 Å². The molecule has 3 aromatic rings.